The van der Waals surface area contributed by atoms with Crippen molar-refractivity contribution in [2.75, 3.05) is 19.6 Å². The number of amides is 2. The third-order valence-corrected chi connectivity index (χ3v) is 5.49. The molecule has 0 bridgehead atoms. The number of aryl methyl sites for hydroxylation is 1. The quantitative estimate of drug-likeness (QED) is 0.483. The second-order valence-electron chi connectivity index (χ2n) is 4.44. The molecule has 124 valence electrons. The molecule has 0 aliphatic heterocycles. The number of carbonyl (C=O) groups is 2. The number of sulfonamides is 1. The Balaban J connectivity index is 2.19. The van der Waals surface area contributed by atoms with E-state index in [1.807, 2.05) is 6.92 Å². The topological polar surface area (TPSA) is 125 Å². The van der Waals surface area contributed by atoms with E-state index in [2.05, 4.69) is 15.4 Å². The van der Waals surface area contributed by atoms with Crippen molar-refractivity contribution in [2.45, 2.75) is 24.0 Å². The molecule has 4 N–H and O–H groups in total. The fourth-order valence-corrected chi connectivity index (χ4v) is 3.85. The van der Waals surface area contributed by atoms with E-state index in [-0.39, 0.29) is 30.3 Å². The fourth-order valence-electron chi connectivity index (χ4n) is 1.49. The number of aliphatic carboxylic acids is 1. The Hall–Kier alpha value is -1.65. The van der Waals surface area contributed by atoms with Gasteiger partial charge in [0.25, 0.3) is 0 Å². The van der Waals surface area contributed by atoms with E-state index in [0.29, 0.717) is 6.42 Å². The molecule has 22 heavy (non-hydrogen) atoms. The Labute approximate surface area is 133 Å². The molecule has 0 radical (unpaired) electrons. The summed E-state index contributed by atoms with van der Waals surface area (Å²) in [5.41, 5.74) is 0. The average Bonchev–Trinajstić information content (AvgIpc) is 2.87. The maximum absolute atomic E-state index is 11.9. The molecule has 0 aromatic carbocycles. The summed E-state index contributed by atoms with van der Waals surface area (Å²) in [6.07, 6.45) is 0.327. The normalized spacial score (nSPS) is 11.1. The van der Waals surface area contributed by atoms with Crippen LogP contribution in [0.5, 0.6) is 0 Å². The molecule has 0 saturated carbocycles. The van der Waals surface area contributed by atoms with Gasteiger partial charge in [0.15, 0.2) is 0 Å². The highest BCUT2D eigenvalue weighted by Crippen LogP contribution is 2.19. The van der Waals surface area contributed by atoms with Crippen molar-refractivity contribution in [3.63, 3.8) is 0 Å². The van der Waals surface area contributed by atoms with E-state index >= 15 is 0 Å². The van der Waals surface area contributed by atoms with Gasteiger partial charge in [-0.05, 0) is 25.5 Å². The van der Waals surface area contributed by atoms with Gasteiger partial charge in [0.1, 0.15) is 4.21 Å². The van der Waals surface area contributed by atoms with Crippen LogP contribution < -0.4 is 15.4 Å². The lowest BCUT2D eigenvalue weighted by Gasteiger charge is -2.08. The van der Waals surface area contributed by atoms with Gasteiger partial charge in [0.2, 0.25) is 10.0 Å². The number of hydrogen-bond donors (Lipinski definition) is 4. The lowest BCUT2D eigenvalue weighted by molar-refractivity contribution is -0.137. The summed E-state index contributed by atoms with van der Waals surface area (Å²) in [6.45, 7) is 2.27. The van der Waals surface area contributed by atoms with Gasteiger partial charge in [-0.1, -0.05) is 0 Å². The van der Waals surface area contributed by atoms with Crippen LogP contribution in [0.2, 0.25) is 0 Å². The molecule has 0 aliphatic carbocycles. The maximum atomic E-state index is 11.9. The summed E-state index contributed by atoms with van der Waals surface area (Å²) >= 11 is 1.18. The van der Waals surface area contributed by atoms with Crippen LogP contribution >= 0.6 is 11.3 Å². The third kappa shape index (κ3) is 6.87. The van der Waals surface area contributed by atoms with Crippen molar-refractivity contribution in [2.24, 2.45) is 0 Å². The van der Waals surface area contributed by atoms with Crippen LogP contribution in [0.3, 0.4) is 0 Å². The monoisotopic (exact) mass is 349 g/mol. The van der Waals surface area contributed by atoms with Crippen molar-refractivity contribution in [1.29, 1.82) is 0 Å². The Morgan fingerprint density at radius 2 is 1.86 bits per heavy atom. The number of thiophene rings is 1. The molecule has 1 heterocycles. The predicted molar refractivity (Wildman–Crippen MR) is 82.5 cm³/mol. The second kappa shape index (κ2) is 8.71. The molecular weight excluding hydrogens is 330 g/mol. The van der Waals surface area contributed by atoms with Crippen LogP contribution in [0.4, 0.5) is 4.79 Å². The number of carboxylic acids is 1. The molecule has 0 unspecified atom stereocenters. The second-order valence-corrected chi connectivity index (χ2v) is 7.72. The highest BCUT2D eigenvalue weighted by atomic mass is 32.2. The summed E-state index contributed by atoms with van der Waals surface area (Å²) in [7, 11) is -3.54. The molecule has 0 spiro atoms. The van der Waals surface area contributed by atoms with Crippen molar-refractivity contribution >= 4 is 33.4 Å². The minimum absolute atomic E-state index is 0.0136. The van der Waals surface area contributed by atoms with Gasteiger partial charge in [0, 0.05) is 30.9 Å². The summed E-state index contributed by atoms with van der Waals surface area (Å²) < 4.78 is 26.4. The number of nitrogens with one attached hydrogen (secondary N) is 3. The van der Waals surface area contributed by atoms with Crippen LogP contribution in [0, 0.1) is 6.92 Å². The summed E-state index contributed by atoms with van der Waals surface area (Å²) in [5.74, 6) is -0.916. The van der Waals surface area contributed by atoms with Gasteiger partial charge in [0.05, 0.1) is 0 Å². The average molecular weight is 349 g/mol. The van der Waals surface area contributed by atoms with Crippen LogP contribution in [-0.4, -0.2) is 45.2 Å². The first-order chi connectivity index (χ1) is 10.3. The zero-order chi connectivity index (χ0) is 16.6. The van der Waals surface area contributed by atoms with Gasteiger partial charge in [-0.15, -0.1) is 11.3 Å². The number of carboxylic acid groups (broad SMARTS) is 1. The molecule has 0 saturated heterocycles. The highest BCUT2D eigenvalue weighted by Gasteiger charge is 2.15. The van der Waals surface area contributed by atoms with Crippen molar-refractivity contribution in [3.8, 4) is 0 Å². The van der Waals surface area contributed by atoms with E-state index in [9.17, 15) is 18.0 Å². The van der Waals surface area contributed by atoms with E-state index in [0.717, 1.165) is 4.88 Å². The first kappa shape index (κ1) is 18.4. The van der Waals surface area contributed by atoms with Crippen LogP contribution in [0.1, 0.15) is 17.7 Å². The molecule has 0 aliphatic rings. The SMILES string of the molecule is Cc1ccc(S(=O)(=O)NCCNC(=O)NCCCC(=O)O)s1. The number of urea groups is 1. The first-order valence-corrected chi connectivity index (χ1v) is 8.91. The van der Waals surface area contributed by atoms with E-state index in [1.54, 1.807) is 6.07 Å². The lowest BCUT2D eigenvalue weighted by Crippen LogP contribution is -2.40. The Bertz CT molecular complexity index is 612. The summed E-state index contributed by atoms with van der Waals surface area (Å²) in [4.78, 5) is 22.5. The lowest BCUT2D eigenvalue weighted by atomic mass is 10.3. The Morgan fingerprint density at radius 3 is 2.45 bits per heavy atom. The largest absolute Gasteiger partial charge is 0.481 e. The molecule has 0 fully saturated rings. The zero-order valence-corrected chi connectivity index (χ0v) is 13.7. The van der Waals surface area contributed by atoms with Gasteiger partial charge >= 0.3 is 12.0 Å². The van der Waals surface area contributed by atoms with E-state index in [1.165, 1.54) is 17.4 Å². The molecule has 0 atom stereocenters. The molecule has 1 rings (SSSR count). The van der Waals surface area contributed by atoms with Crippen LogP contribution in [0.15, 0.2) is 16.3 Å². The molecule has 1 aromatic heterocycles. The van der Waals surface area contributed by atoms with Gasteiger partial charge in [-0.3, -0.25) is 4.79 Å². The zero-order valence-electron chi connectivity index (χ0n) is 12.1. The predicted octanol–water partition coefficient (Wildman–Crippen LogP) is 0.499. The minimum Gasteiger partial charge on any atom is -0.481 e. The molecular formula is C12H19N3O5S2. The van der Waals surface area contributed by atoms with Gasteiger partial charge < -0.3 is 15.7 Å². The molecule has 2 amide bonds. The standard InChI is InChI=1S/C12H19N3O5S2/c1-9-4-5-11(21-9)22(19,20)15-8-7-14-12(18)13-6-2-3-10(16)17/h4-5,15H,2-3,6-8H2,1H3,(H,16,17)(H2,13,14,18). The van der Waals surface area contributed by atoms with E-state index in [4.69, 9.17) is 5.11 Å². The van der Waals surface area contributed by atoms with Gasteiger partial charge in [-0.2, -0.15) is 0 Å². The number of rotatable bonds is 9. The first-order valence-electron chi connectivity index (χ1n) is 6.61. The third-order valence-electron chi connectivity index (χ3n) is 2.54. The van der Waals surface area contributed by atoms with Crippen molar-refractivity contribution in [3.05, 3.63) is 17.0 Å². The molecule has 10 heteroatoms. The number of hydrogen-bond acceptors (Lipinski definition) is 5. The smallest absolute Gasteiger partial charge is 0.314 e. The van der Waals surface area contributed by atoms with Crippen molar-refractivity contribution < 1.29 is 23.1 Å². The minimum atomic E-state index is -3.54. The summed E-state index contributed by atoms with van der Waals surface area (Å²) in [6, 6.07) is 2.80. The maximum Gasteiger partial charge on any atom is 0.314 e. The summed E-state index contributed by atoms with van der Waals surface area (Å²) in [5, 5.41) is 13.4. The van der Waals surface area contributed by atoms with Crippen molar-refractivity contribution in [1.82, 2.24) is 15.4 Å². The molecule has 1 aromatic rings. The highest BCUT2D eigenvalue weighted by molar-refractivity contribution is 7.91. The van der Waals surface area contributed by atoms with E-state index < -0.39 is 22.0 Å². The Morgan fingerprint density at radius 1 is 1.18 bits per heavy atom. The number of carbonyl (C=O) groups excluding carboxylic acids is 1. The fraction of sp³-hybridized carbons (Fsp3) is 0.500. The van der Waals surface area contributed by atoms with Crippen LogP contribution in [-0.2, 0) is 14.8 Å². The Kier molecular flexibility index (Phi) is 7.28. The van der Waals surface area contributed by atoms with Gasteiger partial charge in [-0.25, -0.2) is 17.9 Å². The molecule has 8 nitrogen and oxygen atoms in total. The van der Waals surface area contributed by atoms with Crippen LogP contribution in [0.25, 0.3) is 0 Å².